The summed E-state index contributed by atoms with van der Waals surface area (Å²) in [6.45, 7) is 15.4. The monoisotopic (exact) mass is 440 g/mol. The maximum Gasteiger partial charge on any atom is 0.0851 e. The Balaban J connectivity index is 3.07. The number of nitrogens with zero attached hydrogens (tertiary/aromatic N) is 2. The molecule has 0 saturated heterocycles. The number of aliphatic imine (C=N–C) groups is 1. The van der Waals surface area contributed by atoms with Crippen molar-refractivity contribution in [1.82, 2.24) is 9.62 Å². The molecule has 0 unspecified atom stereocenters. The van der Waals surface area contributed by atoms with Crippen LogP contribution >= 0.6 is 11.9 Å². The fourth-order valence-corrected chi connectivity index (χ4v) is 3.81. The number of nitrogens with one attached hydrogen (secondary N) is 1. The summed E-state index contributed by atoms with van der Waals surface area (Å²) in [4.78, 5) is 7.75. The van der Waals surface area contributed by atoms with Gasteiger partial charge in [-0.3, -0.25) is 4.99 Å². The first kappa shape index (κ1) is 26.8. The van der Waals surface area contributed by atoms with Crippen molar-refractivity contribution in [1.29, 1.82) is 0 Å². The topological polar surface area (TPSA) is 53.6 Å². The van der Waals surface area contributed by atoms with Gasteiger partial charge in [0.2, 0.25) is 0 Å². The minimum atomic E-state index is 0.242. The average molecular weight is 441 g/mol. The van der Waals surface area contributed by atoms with Crippen molar-refractivity contribution in [3.05, 3.63) is 71.6 Å². The SMILES string of the molecule is C=C/C(=C\C(=C/C)c1ccc(SNC(C(=NC)C(C)C)=C(N)C(C)C)cc1)CN(C)C. The highest BCUT2D eigenvalue weighted by Crippen LogP contribution is 2.24. The molecule has 170 valence electrons. The Morgan fingerprint density at radius 3 is 2.19 bits per heavy atom. The number of likely N-dealkylation sites (N-methyl/N-ethyl adjacent to an activating group) is 1. The zero-order valence-electron chi connectivity index (χ0n) is 20.5. The summed E-state index contributed by atoms with van der Waals surface area (Å²) in [5.74, 6) is 0.532. The minimum absolute atomic E-state index is 0.242. The van der Waals surface area contributed by atoms with Crippen LogP contribution in [-0.2, 0) is 0 Å². The zero-order valence-corrected chi connectivity index (χ0v) is 21.3. The summed E-state index contributed by atoms with van der Waals surface area (Å²) < 4.78 is 3.47. The van der Waals surface area contributed by atoms with E-state index in [-0.39, 0.29) is 11.8 Å². The van der Waals surface area contributed by atoms with Crippen LogP contribution in [0.2, 0.25) is 0 Å². The summed E-state index contributed by atoms with van der Waals surface area (Å²) >= 11 is 1.56. The van der Waals surface area contributed by atoms with Gasteiger partial charge in [-0.25, -0.2) is 0 Å². The zero-order chi connectivity index (χ0) is 23.6. The van der Waals surface area contributed by atoms with Crippen LogP contribution in [-0.4, -0.2) is 38.3 Å². The number of hydrogen-bond acceptors (Lipinski definition) is 5. The average Bonchev–Trinajstić information content (AvgIpc) is 2.73. The van der Waals surface area contributed by atoms with Crippen LogP contribution in [0.3, 0.4) is 0 Å². The predicted molar refractivity (Wildman–Crippen MR) is 140 cm³/mol. The van der Waals surface area contributed by atoms with Gasteiger partial charge in [0.05, 0.1) is 11.4 Å². The first-order chi connectivity index (χ1) is 14.6. The van der Waals surface area contributed by atoms with Crippen LogP contribution in [0.15, 0.2) is 75.9 Å². The summed E-state index contributed by atoms with van der Waals surface area (Å²) in [6, 6.07) is 8.56. The summed E-state index contributed by atoms with van der Waals surface area (Å²) in [5.41, 5.74) is 12.7. The second kappa shape index (κ2) is 13.2. The summed E-state index contributed by atoms with van der Waals surface area (Å²) in [6.07, 6.45) is 6.26. The third kappa shape index (κ3) is 8.42. The molecule has 0 bridgehead atoms. The molecule has 1 rings (SSSR count). The van der Waals surface area contributed by atoms with E-state index in [1.807, 2.05) is 13.1 Å². The van der Waals surface area contributed by atoms with Crippen molar-refractivity contribution in [2.45, 2.75) is 39.5 Å². The molecule has 0 spiro atoms. The van der Waals surface area contributed by atoms with E-state index in [0.717, 1.165) is 28.5 Å². The highest BCUT2D eigenvalue weighted by atomic mass is 32.2. The van der Waals surface area contributed by atoms with Crippen LogP contribution < -0.4 is 10.5 Å². The quantitative estimate of drug-likeness (QED) is 0.255. The summed E-state index contributed by atoms with van der Waals surface area (Å²) in [5, 5.41) is 0. The van der Waals surface area contributed by atoms with Gasteiger partial charge in [-0.1, -0.05) is 64.6 Å². The smallest absolute Gasteiger partial charge is 0.0851 e. The van der Waals surface area contributed by atoms with Gasteiger partial charge in [-0.05, 0) is 73.6 Å². The number of nitrogens with two attached hydrogens (primary N) is 1. The van der Waals surface area contributed by atoms with Crippen molar-refractivity contribution in [2.24, 2.45) is 22.6 Å². The van der Waals surface area contributed by atoms with E-state index >= 15 is 0 Å². The van der Waals surface area contributed by atoms with E-state index in [1.54, 1.807) is 11.9 Å². The Morgan fingerprint density at radius 2 is 1.77 bits per heavy atom. The van der Waals surface area contributed by atoms with Crippen LogP contribution in [0.5, 0.6) is 0 Å². The molecule has 0 heterocycles. The van der Waals surface area contributed by atoms with Gasteiger partial charge in [-0.15, -0.1) is 0 Å². The van der Waals surface area contributed by atoms with E-state index in [2.05, 4.69) is 106 Å². The van der Waals surface area contributed by atoms with Crippen molar-refractivity contribution in [3.63, 3.8) is 0 Å². The molecular formula is C26H40N4S. The molecule has 0 aromatic heterocycles. The first-order valence-corrected chi connectivity index (χ1v) is 11.6. The fraction of sp³-hybridized carbons (Fsp3) is 0.423. The Hall–Kier alpha value is -2.24. The number of rotatable bonds is 11. The fourth-order valence-electron chi connectivity index (χ4n) is 3.10. The lowest BCUT2D eigenvalue weighted by Gasteiger charge is -2.20. The Bertz CT molecular complexity index is 841. The van der Waals surface area contributed by atoms with E-state index < -0.39 is 0 Å². The Labute approximate surface area is 194 Å². The van der Waals surface area contributed by atoms with Crippen LogP contribution in [0.1, 0.15) is 40.2 Å². The van der Waals surface area contributed by atoms with Crippen molar-refractivity contribution in [3.8, 4) is 0 Å². The van der Waals surface area contributed by atoms with Gasteiger partial charge in [-0.2, -0.15) is 0 Å². The lowest BCUT2D eigenvalue weighted by molar-refractivity contribution is 0.449. The molecule has 0 aliphatic rings. The maximum absolute atomic E-state index is 6.41. The minimum Gasteiger partial charge on any atom is -0.400 e. The predicted octanol–water partition coefficient (Wildman–Crippen LogP) is 5.91. The van der Waals surface area contributed by atoms with E-state index in [1.165, 1.54) is 16.7 Å². The largest absolute Gasteiger partial charge is 0.400 e. The molecule has 0 aliphatic heterocycles. The second-order valence-corrected chi connectivity index (χ2v) is 9.26. The number of hydrogen-bond donors (Lipinski definition) is 2. The molecular weight excluding hydrogens is 400 g/mol. The standard InChI is InChI=1S/C26H40N4S/c1-10-20(17-30(8)9)16-21(11-2)22-12-14-23(15-13-22)31-29-26(24(27)18(3)4)25(28-7)19(5)6/h10-16,18-19,29H,1,17,27H2,2-9H3/b20-16+,21-11+,26-24?,28-25?. The highest BCUT2D eigenvalue weighted by molar-refractivity contribution is 7.97. The molecule has 0 radical (unpaired) electrons. The lowest BCUT2D eigenvalue weighted by Crippen LogP contribution is -2.26. The van der Waals surface area contributed by atoms with Gasteiger partial charge < -0.3 is 15.4 Å². The van der Waals surface area contributed by atoms with Gasteiger partial charge in [0.1, 0.15) is 0 Å². The molecule has 1 aromatic carbocycles. The van der Waals surface area contributed by atoms with Crippen LogP contribution in [0, 0.1) is 11.8 Å². The van der Waals surface area contributed by atoms with Crippen molar-refractivity contribution in [2.75, 3.05) is 27.7 Å². The molecule has 0 fully saturated rings. The van der Waals surface area contributed by atoms with Gasteiger partial charge in [0, 0.05) is 24.2 Å². The van der Waals surface area contributed by atoms with Crippen molar-refractivity contribution >= 4 is 23.2 Å². The van der Waals surface area contributed by atoms with Crippen molar-refractivity contribution < 1.29 is 0 Å². The molecule has 4 nitrogen and oxygen atoms in total. The second-order valence-electron chi connectivity index (χ2n) is 8.38. The maximum atomic E-state index is 6.41. The third-order valence-electron chi connectivity index (χ3n) is 4.83. The molecule has 0 aliphatic carbocycles. The van der Waals surface area contributed by atoms with E-state index in [0.29, 0.717) is 0 Å². The highest BCUT2D eigenvalue weighted by Gasteiger charge is 2.17. The molecule has 5 heteroatoms. The molecule has 0 amide bonds. The molecule has 0 atom stereocenters. The Morgan fingerprint density at radius 1 is 1.16 bits per heavy atom. The van der Waals surface area contributed by atoms with Gasteiger partial charge in [0.25, 0.3) is 0 Å². The summed E-state index contributed by atoms with van der Waals surface area (Å²) in [7, 11) is 5.95. The number of allylic oxidation sites excluding steroid dienone is 5. The Kier molecular flexibility index (Phi) is 11.4. The normalized spacial score (nSPS) is 14.4. The third-order valence-corrected chi connectivity index (χ3v) is 5.64. The molecule has 1 aromatic rings. The lowest BCUT2D eigenvalue weighted by atomic mass is 10.00. The van der Waals surface area contributed by atoms with Crippen LogP contribution in [0.4, 0.5) is 0 Å². The first-order valence-electron chi connectivity index (χ1n) is 10.8. The number of benzene rings is 1. The van der Waals surface area contributed by atoms with E-state index in [9.17, 15) is 0 Å². The molecule has 31 heavy (non-hydrogen) atoms. The molecule has 0 saturated carbocycles. The molecule has 3 N–H and O–H groups in total. The van der Waals surface area contributed by atoms with E-state index in [4.69, 9.17) is 5.73 Å². The van der Waals surface area contributed by atoms with Crippen LogP contribution in [0.25, 0.3) is 5.57 Å². The van der Waals surface area contributed by atoms with Gasteiger partial charge >= 0.3 is 0 Å². The van der Waals surface area contributed by atoms with Gasteiger partial charge in [0.15, 0.2) is 0 Å².